The Labute approximate surface area is 208 Å². The third-order valence-electron chi connectivity index (χ3n) is 6.33. The molecule has 1 aromatic rings. The molecule has 34 heavy (non-hydrogen) atoms. The number of hydrazone groups is 1. The largest absolute Gasteiger partial charge is 0.438 e. The van der Waals surface area contributed by atoms with Gasteiger partial charge in [0.25, 0.3) is 11.5 Å². The zero-order valence-electron chi connectivity index (χ0n) is 20.9. The highest BCUT2D eigenvalue weighted by Crippen LogP contribution is 2.24. The van der Waals surface area contributed by atoms with E-state index in [1.807, 2.05) is 6.07 Å². The van der Waals surface area contributed by atoms with Crippen LogP contribution in [-0.4, -0.2) is 65.1 Å². The molecular weight excluding hydrogens is 448 g/mol. The van der Waals surface area contributed by atoms with Gasteiger partial charge in [-0.2, -0.15) is 5.01 Å². The molecule has 188 valence electrons. The minimum atomic E-state index is -0.958. The van der Waals surface area contributed by atoms with Crippen LogP contribution < -0.4 is 5.32 Å². The molecule has 0 aromatic heterocycles. The fourth-order valence-electron chi connectivity index (χ4n) is 4.13. The number of rotatable bonds is 11. The summed E-state index contributed by atoms with van der Waals surface area (Å²) in [5, 5.41) is 9.12. The summed E-state index contributed by atoms with van der Waals surface area (Å²) in [5.74, 6) is 1.10. The number of ketones is 1. The molecule has 0 radical (unpaired) electrons. The summed E-state index contributed by atoms with van der Waals surface area (Å²) in [4.78, 5) is 28.1. The van der Waals surface area contributed by atoms with Gasteiger partial charge in [0, 0.05) is 31.3 Å². The molecule has 0 spiro atoms. The van der Waals surface area contributed by atoms with Crippen LogP contribution >= 0.6 is 11.8 Å². The summed E-state index contributed by atoms with van der Waals surface area (Å²) in [6.07, 6.45) is 6.62. The van der Waals surface area contributed by atoms with E-state index in [1.165, 1.54) is 28.8 Å². The van der Waals surface area contributed by atoms with Gasteiger partial charge in [0.05, 0.1) is 0 Å². The van der Waals surface area contributed by atoms with E-state index in [4.69, 9.17) is 4.74 Å². The van der Waals surface area contributed by atoms with Gasteiger partial charge in [0.2, 0.25) is 0 Å². The predicted molar refractivity (Wildman–Crippen MR) is 139 cm³/mol. The van der Waals surface area contributed by atoms with Gasteiger partial charge in [-0.25, -0.2) is 4.79 Å². The van der Waals surface area contributed by atoms with Crippen molar-refractivity contribution in [3.05, 3.63) is 35.9 Å². The van der Waals surface area contributed by atoms with Gasteiger partial charge in [-0.05, 0) is 44.2 Å². The van der Waals surface area contributed by atoms with E-state index in [9.17, 15) is 9.59 Å². The van der Waals surface area contributed by atoms with Crippen molar-refractivity contribution >= 4 is 28.8 Å². The van der Waals surface area contributed by atoms with Crippen LogP contribution in [0, 0.1) is 5.92 Å². The minimum Gasteiger partial charge on any atom is -0.438 e. The summed E-state index contributed by atoms with van der Waals surface area (Å²) in [7, 11) is 2.10. The van der Waals surface area contributed by atoms with E-state index in [0.29, 0.717) is 17.6 Å². The average Bonchev–Trinajstić information content (AvgIpc) is 3.27. The molecule has 1 aliphatic carbocycles. The molecule has 0 bridgehead atoms. The number of urea groups is 1. The van der Waals surface area contributed by atoms with Crippen molar-refractivity contribution in [3.8, 4) is 0 Å². The van der Waals surface area contributed by atoms with Crippen molar-refractivity contribution in [1.82, 2.24) is 15.2 Å². The van der Waals surface area contributed by atoms with Crippen molar-refractivity contribution in [2.75, 3.05) is 25.9 Å². The molecule has 1 heterocycles. The molecule has 1 N–H and O–H groups in total. The molecule has 1 atom stereocenters. The Balaban J connectivity index is 1.51. The highest BCUT2D eigenvalue weighted by molar-refractivity contribution is 8.13. The number of benzene rings is 1. The molecule has 0 saturated heterocycles. The number of carbonyl (C=O) groups excluding carboxylic acids is 2. The lowest BCUT2D eigenvalue weighted by Gasteiger charge is -2.26. The van der Waals surface area contributed by atoms with Crippen LogP contribution in [0.15, 0.2) is 35.4 Å². The van der Waals surface area contributed by atoms with Crippen LogP contribution in [-0.2, 0) is 16.0 Å². The monoisotopic (exact) mass is 488 g/mol. The lowest BCUT2D eigenvalue weighted by Crippen LogP contribution is -2.48. The standard InChI is InChI=1S/C26H40N4O3S/c1-20(2)14-15-23(31)24-30(25(32)27-22-12-8-5-9-13-22)28-26(33-24)34-19-18-29(3)17-16-21-10-6-4-7-11-21/h4,6-7,10-11,20,22,24H,5,8-9,12-19H2,1-3H3,(H,27,32). The van der Waals surface area contributed by atoms with Crippen LogP contribution in [0.5, 0.6) is 0 Å². The molecule has 7 nitrogen and oxygen atoms in total. The number of nitrogens with one attached hydrogen (secondary N) is 1. The van der Waals surface area contributed by atoms with Crippen LogP contribution in [0.3, 0.4) is 0 Å². The van der Waals surface area contributed by atoms with E-state index in [0.717, 1.165) is 57.4 Å². The maximum Gasteiger partial charge on any atom is 0.341 e. The third kappa shape index (κ3) is 8.62. The molecule has 3 rings (SSSR count). The number of thioether (sulfide) groups is 1. The maximum atomic E-state index is 13.0. The van der Waals surface area contributed by atoms with Gasteiger partial charge in [0.15, 0.2) is 5.78 Å². The van der Waals surface area contributed by atoms with E-state index < -0.39 is 6.23 Å². The normalized spacial score (nSPS) is 18.8. The molecule has 1 saturated carbocycles. The zero-order valence-corrected chi connectivity index (χ0v) is 21.7. The lowest BCUT2D eigenvalue weighted by molar-refractivity contribution is -0.131. The summed E-state index contributed by atoms with van der Waals surface area (Å²) in [6, 6.07) is 10.3. The quantitative estimate of drug-likeness (QED) is 0.481. The SMILES string of the molecule is CC(C)CCC(=O)C1OC(SCCN(C)CCc2ccccc2)=NN1C(=O)NC1CCCCC1. The van der Waals surface area contributed by atoms with Gasteiger partial charge >= 0.3 is 6.03 Å². The first-order chi connectivity index (χ1) is 16.4. The van der Waals surface area contributed by atoms with Crippen molar-refractivity contribution < 1.29 is 14.3 Å². The second-order valence-corrected chi connectivity index (χ2v) is 10.8. The molecule has 8 heteroatoms. The summed E-state index contributed by atoms with van der Waals surface area (Å²) in [5.41, 5.74) is 1.33. The van der Waals surface area contributed by atoms with Gasteiger partial charge in [-0.3, -0.25) is 4.79 Å². The Morgan fingerprint density at radius 2 is 1.91 bits per heavy atom. The molecule has 1 fully saturated rings. The number of Topliss-reactive ketones (excluding diaryl/α,β-unsaturated/α-hetero) is 1. The fraction of sp³-hybridized carbons (Fsp3) is 0.654. The van der Waals surface area contributed by atoms with E-state index in [2.05, 4.69) is 60.5 Å². The van der Waals surface area contributed by atoms with Crippen molar-refractivity contribution in [3.63, 3.8) is 0 Å². The molecule has 1 unspecified atom stereocenters. The molecule has 1 aromatic carbocycles. The number of hydrogen-bond donors (Lipinski definition) is 1. The van der Waals surface area contributed by atoms with Crippen LogP contribution in [0.1, 0.15) is 64.4 Å². The number of nitrogens with zero attached hydrogens (tertiary/aromatic N) is 3. The second-order valence-electron chi connectivity index (χ2n) is 9.75. The van der Waals surface area contributed by atoms with Crippen LogP contribution in [0.25, 0.3) is 0 Å². The number of likely N-dealkylation sites (N-methyl/N-ethyl adjacent to an activating group) is 1. The Kier molecular flexibility index (Phi) is 10.7. The molecule has 1 aliphatic heterocycles. The summed E-state index contributed by atoms with van der Waals surface area (Å²) < 4.78 is 5.90. The Hall–Kier alpha value is -2.06. The van der Waals surface area contributed by atoms with Crippen LogP contribution in [0.2, 0.25) is 0 Å². The highest BCUT2D eigenvalue weighted by Gasteiger charge is 2.38. The van der Waals surface area contributed by atoms with E-state index in [-0.39, 0.29) is 17.9 Å². The summed E-state index contributed by atoms with van der Waals surface area (Å²) in [6.45, 7) is 6.00. The highest BCUT2D eigenvalue weighted by atomic mass is 32.2. The maximum absolute atomic E-state index is 13.0. The second kappa shape index (κ2) is 13.7. The van der Waals surface area contributed by atoms with E-state index in [1.54, 1.807) is 0 Å². The van der Waals surface area contributed by atoms with Gasteiger partial charge < -0.3 is 15.0 Å². The molecule has 2 aliphatic rings. The number of amides is 2. The van der Waals surface area contributed by atoms with Crippen molar-refractivity contribution in [2.45, 2.75) is 77.5 Å². The minimum absolute atomic E-state index is 0.0909. The zero-order chi connectivity index (χ0) is 24.3. The first-order valence-corrected chi connectivity index (χ1v) is 13.6. The summed E-state index contributed by atoms with van der Waals surface area (Å²) >= 11 is 1.46. The first kappa shape index (κ1) is 26.5. The Morgan fingerprint density at radius 1 is 1.18 bits per heavy atom. The first-order valence-electron chi connectivity index (χ1n) is 12.7. The number of carbonyl (C=O) groups is 2. The topological polar surface area (TPSA) is 74.2 Å². The van der Waals surface area contributed by atoms with Gasteiger partial charge in [-0.1, -0.05) is 75.2 Å². The Bertz CT molecular complexity index is 812. The van der Waals surface area contributed by atoms with Crippen molar-refractivity contribution in [1.29, 1.82) is 0 Å². The van der Waals surface area contributed by atoms with Gasteiger partial charge in [0.1, 0.15) is 0 Å². The predicted octanol–water partition coefficient (Wildman–Crippen LogP) is 4.87. The fourth-order valence-corrected chi connectivity index (χ4v) is 5.02. The molecule has 2 amide bonds. The van der Waals surface area contributed by atoms with E-state index >= 15 is 0 Å². The van der Waals surface area contributed by atoms with Gasteiger partial charge in [-0.15, -0.1) is 5.10 Å². The number of hydrogen-bond acceptors (Lipinski definition) is 6. The molecular formula is C26H40N4O3S. The lowest BCUT2D eigenvalue weighted by atomic mass is 9.96. The van der Waals surface area contributed by atoms with Crippen LogP contribution in [0.4, 0.5) is 4.79 Å². The Morgan fingerprint density at radius 3 is 2.62 bits per heavy atom. The smallest absolute Gasteiger partial charge is 0.341 e. The average molecular weight is 489 g/mol. The third-order valence-corrected chi connectivity index (χ3v) is 7.14. The van der Waals surface area contributed by atoms with Crippen molar-refractivity contribution in [2.24, 2.45) is 11.0 Å². The number of ether oxygens (including phenoxy) is 1.